The number of imidazole rings is 1. The van der Waals surface area contributed by atoms with Crippen LogP contribution in [-0.2, 0) is 11.2 Å². The molecule has 0 aliphatic heterocycles. The van der Waals surface area contributed by atoms with Crippen molar-refractivity contribution < 1.29 is 14.7 Å². The van der Waals surface area contributed by atoms with Gasteiger partial charge >= 0.3 is 0 Å². The van der Waals surface area contributed by atoms with Crippen molar-refractivity contribution in [3.63, 3.8) is 0 Å². The summed E-state index contributed by atoms with van der Waals surface area (Å²) in [5.74, 6) is 2.31. The first-order valence-electron chi connectivity index (χ1n) is 11.6. The summed E-state index contributed by atoms with van der Waals surface area (Å²) in [6, 6.07) is 5.48. The quantitative estimate of drug-likeness (QED) is 0.636. The van der Waals surface area contributed by atoms with Crippen LogP contribution in [0, 0.1) is 23.2 Å². The summed E-state index contributed by atoms with van der Waals surface area (Å²) in [6.45, 7) is 2.60. The van der Waals surface area contributed by atoms with E-state index in [0.29, 0.717) is 22.5 Å². The summed E-state index contributed by atoms with van der Waals surface area (Å²) in [5, 5.41) is 15.2. The van der Waals surface area contributed by atoms with Gasteiger partial charge in [-0.25, -0.2) is 4.98 Å². The lowest BCUT2D eigenvalue weighted by Crippen LogP contribution is -2.51. The molecular weight excluding hydrogens is 392 g/mol. The van der Waals surface area contributed by atoms with Crippen molar-refractivity contribution in [1.29, 1.82) is 0 Å². The molecular formula is C24H32N4O3. The summed E-state index contributed by atoms with van der Waals surface area (Å²) in [6.07, 6.45) is 9.27. The molecule has 7 nitrogen and oxygen atoms in total. The average Bonchev–Trinajstić information content (AvgIpc) is 3.12. The maximum Gasteiger partial charge on any atom is 0.268 e. The average molecular weight is 425 g/mol. The molecule has 4 saturated carbocycles. The molecule has 2 aromatic heterocycles. The lowest BCUT2D eigenvalue weighted by Gasteiger charge is -2.56. The monoisotopic (exact) mass is 424 g/mol. The van der Waals surface area contributed by atoms with E-state index in [1.165, 1.54) is 38.5 Å². The number of aromatic nitrogens is 2. The molecule has 2 aromatic rings. The number of rotatable bonds is 7. The van der Waals surface area contributed by atoms with E-state index < -0.39 is 6.10 Å². The van der Waals surface area contributed by atoms with E-state index in [1.807, 2.05) is 12.1 Å². The third-order valence-corrected chi connectivity index (χ3v) is 7.50. The highest BCUT2D eigenvalue weighted by molar-refractivity contribution is 5.93. The maximum atomic E-state index is 13.1. The molecule has 0 spiro atoms. The van der Waals surface area contributed by atoms with Crippen LogP contribution in [-0.4, -0.2) is 45.5 Å². The fourth-order valence-electron chi connectivity index (χ4n) is 6.68. The fraction of sp³-hybridized carbons (Fsp3) is 0.625. The Kier molecular flexibility index (Phi) is 5.24. The highest BCUT2D eigenvalue weighted by Gasteiger charge is 2.50. The summed E-state index contributed by atoms with van der Waals surface area (Å²) < 4.78 is 1.77. The fourth-order valence-corrected chi connectivity index (χ4v) is 6.68. The van der Waals surface area contributed by atoms with Gasteiger partial charge in [-0.05, 0) is 80.8 Å². The minimum Gasteiger partial charge on any atom is -0.392 e. The zero-order valence-corrected chi connectivity index (χ0v) is 18.1. The van der Waals surface area contributed by atoms with Gasteiger partial charge in [0.05, 0.1) is 18.2 Å². The lowest BCUT2D eigenvalue weighted by atomic mass is 9.49. The number of pyridine rings is 1. The van der Waals surface area contributed by atoms with Gasteiger partial charge in [0, 0.05) is 19.3 Å². The first kappa shape index (κ1) is 20.5. The highest BCUT2D eigenvalue weighted by atomic mass is 16.3. The Morgan fingerprint density at radius 1 is 1.16 bits per heavy atom. The minimum absolute atomic E-state index is 0.0798. The highest BCUT2D eigenvalue weighted by Crippen LogP contribution is 2.59. The largest absolute Gasteiger partial charge is 0.392 e. The Morgan fingerprint density at radius 3 is 2.48 bits per heavy atom. The number of aliphatic hydroxyl groups is 1. The number of nitrogens with zero attached hydrogens (tertiary/aromatic N) is 2. The van der Waals surface area contributed by atoms with Crippen LogP contribution in [0.25, 0.3) is 5.65 Å². The van der Waals surface area contributed by atoms with Crippen molar-refractivity contribution in [3.8, 4) is 0 Å². The van der Waals surface area contributed by atoms with Crippen LogP contribution in [0.5, 0.6) is 0 Å². The van der Waals surface area contributed by atoms with Crippen molar-refractivity contribution in [1.82, 2.24) is 20.0 Å². The van der Waals surface area contributed by atoms with Crippen LogP contribution in [0.15, 0.2) is 24.4 Å². The van der Waals surface area contributed by atoms with E-state index in [1.54, 1.807) is 23.6 Å². The van der Waals surface area contributed by atoms with Gasteiger partial charge in [-0.1, -0.05) is 6.07 Å². The second kappa shape index (κ2) is 7.93. The van der Waals surface area contributed by atoms with Crippen molar-refractivity contribution >= 4 is 17.5 Å². The number of hydrogen-bond donors (Lipinski definition) is 3. The van der Waals surface area contributed by atoms with Gasteiger partial charge in [0.2, 0.25) is 5.91 Å². The molecule has 6 rings (SSSR count). The van der Waals surface area contributed by atoms with Gasteiger partial charge in [0.15, 0.2) is 0 Å². The molecule has 4 aliphatic rings. The number of carbonyl (C=O) groups is 2. The minimum atomic E-state index is -0.589. The van der Waals surface area contributed by atoms with Crippen molar-refractivity contribution in [2.45, 2.75) is 58.0 Å². The molecule has 4 bridgehead atoms. The molecule has 1 atom stereocenters. The molecule has 31 heavy (non-hydrogen) atoms. The first-order chi connectivity index (χ1) is 14.9. The van der Waals surface area contributed by atoms with E-state index in [0.717, 1.165) is 24.3 Å². The Balaban J connectivity index is 1.27. The summed E-state index contributed by atoms with van der Waals surface area (Å²) in [7, 11) is 0. The predicted octanol–water partition coefficient (Wildman–Crippen LogP) is 2.32. The van der Waals surface area contributed by atoms with Crippen LogP contribution >= 0.6 is 0 Å². The summed E-state index contributed by atoms with van der Waals surface area (Å²) in [4.78, 5) is 29.7. The van der Waals surface area contributed by atoms with Crippen LogP contribution < -0.4 is 10.6 Å². The molecule has 3 N–H and O–H groups in total. The summed E-state index contributed by atoms with van der Waals surface area (Å²) in [5.41, 5.74) is 2.09. The second-order valence-corrected chi connectivity index (χ2v) is 10.3. The van der Waals surface area contributed by atoms with Gasteiger partial charge in [-0.15, -0.1) is 0 Å². The Hall–Kier alpha value is -2.41. The third-order valence-electron chi connectivity index (χ3n) is 7.50. The lowest BCUT2D eigenvalue weighted by molar-refractivity contribution is -0.120. The molecule has 2 amide bonds. The van der Waals surface area contributed by atoms with Crippen molar-refractivity contribution in [3.05, 3.63) is 35.8 Å². The normalized spacial score (nSPS) is 29.8. The van der Waals surface area contributed by atoms with Gasteiger partial charge in [0.25, 0.3) is 5.91 Å². The smallest absolute Gasteiger partial charge is 0.268 e. The first-order valence-corrected chi connectivity index (χ1v) is 11.6. The van der Waals surface area contributed by atoms with Crippen LogP contribution in [0.4, 0.5) is 0 Å². The van der Waals surface area contributed by atoms with E-state index in [-0.39, 0.29) is 24.8 Å². The predicted molar refractivity (Wildman–Crippen MR) is 117 cm³/mol. The zero-order valence-electron chi connectivity index (χ0n) is 18.1. The van der Waals surface area contributed by atoms with Gasteiger partial charge in [-0.2, -0.15) is 0 Å². The van der Waals surface area contributed by atoms with E-state index in [4.69, 9.17) is 0 Å². The molecule has 166 valence electrons. The molecule has 0 radical (unpaired) electrons. The van der Waals surface area contributed by atoms with Gasteiger partial charge < -0.3 is 15.7 Å². The molecule has 4 aliphatic carbocycles. The molecule has 1 unspecified atom stereocenters. The van der Waals surface area contributed by atoms with Gasteiger partial charge in [-0.3, -0.25) is 14.0 Å². The topological polar surface area (TPSA) is 95.7 Å². The Morgan fingerprint density at radius 2 is 1.84 bits per heavy atom. The zero-order chi connectivity index (χ0) is 21.6. The third kappa shape index (κ3) is 4.20. The maximum absolute atomic E-state index is 13.1. The number of fused-ring (bicyclic) bond motifs is 1. The number of amides is 2. The van der Waals surface area contributed by atoms with E-state index in [2.05, 4.69) is 15.6 Å². The number of nitrogens with one attached hydrogen (secondary N) is 2. The second-order valence-electron chi connectivity index (χ2n) is 10.3. The molecule has 2 heterocycles. The van der Waals surface area contributed by atoms with Crippen LogP contribution in [0.1, 0.15) is 61.6 Å². The Bertz CT molecular complexity index is 961. The summed E-state index contributed by atoms with van der Waals surface area (Å²) >= 11 is 0. The number of aliphatic hydroxyl groups excluding tert-OH is 1. The van der Waals surface area contributed by atoms with Crippen molar-refractivity contribution in [2.75, 3.05) is 13.1 Å². The number of hydrogen-bond acceptors (Lipinski definition) is 4. The molecule has 4 fully saturated rings. The molecule has 0 saturated heterocycles. The molecule has 7 heteroatoms. The number of carbonyl (C=O) groups excluding carboxylic acids is 2. The van der Waals surface area contributed by atoms with Crippen LogP contribution in [0.3, 0.4) is 0 Å². The van der Waals surface area contributed by atoms with Crippen LogP contribution in [0.2, 0.25) is 0 Å². The standard InChI is InChI=1S/C24H32N4O3/c1-15(29)12-25-22(30)8-19-13-28-20(3-2-4-21(28)27-19)23(31)26-14-24-9-16-5-17(10-24)7-18(6-16)11-24/h2-4,13,15-18,29H,5-12,14H2,1H3,(H,25,30)(H,26,31). The SMILES string of the molecule is CC(O)CNC(=O)Cc1cn2c(C(=O)NCC34CC5CC(CC(C5)C3)C4)cccc2n1. The molecule has 0 aromatic carbocycles. The van der Waals surface area contributed by atoms with Crippen molar-refractivity contribution in [2.24, 2.45) is 23.2 Å². The van der Waals surface area contributed by atoms with E-state index >= 15 is 0 Å². The Labute approximate surface area is 182 Å². The van der Waals surface area contributed by atoms with Gasteiger partial charge in [0.1, 0.15) is 11.3 Å². The van der Waals surface area contributed by atoms with E-state index in [9.17, 15) is 14.7 Å².